The number of hydrogen-bond donors (Lipinski definition) is 1. The van der Waals surface area contributed by atoms with Crippen molar-refractivity contribution in [3.8, 4) is 0 Å². The molecule has 0 fully saturated rings. The van der Waals surface area contributed by atoms with E-state index in [0.29, 0.717) is 0 Å². The second-order valence-electron chi connectivity index (χ2n) is 4.86. The fourth-order valence-corrected chi connectivity index (χ4v) is 3.43. The van der Waals surface area contributed by atoms with Crippen molar-refractivity contribution in [2.24, 2.45) is 5.92 Å². The topological polar surface area (TPSA) is 57.6 Å². The highest BCUT2D eigenvalue weighted by atomic mass is 32.2. The van der Waals surface area contributed by atoms with Gasteiger partial charge in [-0.15, -0.1) is 11.8 Å². The van der Waals surface area contributed by atoms with Gasteiger partial charge >= 0.3 is 5.97 Å². The molecule has 1 aliphatic rings. The molecule has 0 saturated carbocycles. The highest BCUT2D eigenvalue weighted by Gasteiger charge is 2.31. The molecule has 0 aliphatic carbocycles. The van der Waals surface area contributed by atoms with Crippen molar-refractivity contribution in [2.45, 2.75) is 17.7 Å². The van der Waals surface area contributed by atoms with Gasteiger partial charge in [-0.1, -0.05) is 25.1 Å². The number of likely N-dealkylation sites (N-methyl/N-ethyl adjacent to an activating group) is 1. The predicted molar refractivity (Wildman–Crippen MR) is 74.3 cm³/mol. The standard InChI is InChI=1S/C14H17NO3S/c1-9(14(17)18)7-15(2)13(16)11-8-19-12-6-4-3-5-10(11)12/h3-6,9,11H,7-8H2,1-2H3,(H,17,18)/t9-,11-/m1/s1. The molecule has 0 aromatic heterocycles. The van der Waals surface area contributed by atoms with Crippen LogP contribution in [-0.2, 0) is 9.59 Å². The van der Waals surface area contributed by atoms with Crippen LogP contribution in [0, 0.1) is 5.92 Å². The summed E-state index contributed by atoms with van der Waals surface area (Å²) in [6, 6.07) is 7.90. The van der Waals surface area contributed by atoms with Gasteiger partial charge in [0.05, 0.1) is 11.8 Å². The first-order valence-corrected chi connectivity index (χ1v) is 7.18. The third-order valence-electron chi connectivity index (χ3n) is 3.34. The fourth-order valence-electron chi connectivity index (χ4n) is 2.21. The van der Waals surface area contributed by atoms with Crippen LogP contribution in [0.25, 0.3) is 0 Å². The summed E-state index contributed by atoms with van der Waals surface area (Å²) < 4.78 is 0. The highest BCUT2D eigenvalue weighted by Crippen LogP contribution is 2.40. The van der Waals surface area contributed by atoms with E-state index >= 15 is 0 Å². The lowest BCUT2D eigenvalue weighted by Crippen LogP contribution is -2.37. The Labute approximate surface area is 116 Å². The molecular formula is C14H17NO3S. The van der Waals surface area contributed by atoms with Crippen LogP contribution in [0.1, 0.15) is 18.4 Å². The van der Waals surface area contributed by atoms with Crippen LogP contribution in [0.3, 0.4) is 0 Å². The maximum absolute atomic E-state index is 12.4. The highest BCUT2D eigenvalue weighted by molar-refractivity contribution is 7.99. The minimum Gasteiger partial charge on any atom is -0.481 e. The molecular weight excluding hydrogens is 262 g/mol. The van der Waals surface area contributed by atoms with Crippen LogP contribution >= 0.6 is 11.8 Å². The van der Waals surface area contributed by atoms with E-state index in [1.165, 1.54) is 4.90 Å². The largest absolute Gasteiger partial charge is 0.481 e. The molecule has 1 aliphatic heterocycles. The minimum absolute atomic E-state index is 0.00514. The van der Waals surface area contributed by atoms with Crippen molar-refractivity contribution < 1.29 is 14.7 Å². The van der Waals surface area contributed by atoms with Crippen molar-refractivity contribution in [3.05, 3.63) is 29.8 Å². The second-order valence-corrected chi connectivity index (χ2v) is 5.92. The number of carbonyl (C=O) groups is 2. The van der Waals surface area contributed by atoms with Gasteiger partial charge in [0, 0.05) is 24.2 Å². The number of thioether (sulfide) groups is 1. The molecule has 1 amide bonds. The Balaban J connectivity index is 2.07. The summed E-state index contributed by atoms with van der Waals surface area (Å²) in [6.45, 7) is 1.86. The number of aliphatic carboxylic acids is 1. The van der Waals surface area contributed by atoms with Gasteiger partial charge in [0.2, 0.25) is 5.91 Å². The van der Waals surface area contributed by atoms with E-state index in [2.05, 4.69) is 0 Å². The lowest BCUT2D eigenvalue weighted by molar-refractivity contribution is -0.142. The quantitative estimate of drug-likeness (QED) is 0.916. The molecule has 102 valence electrons. The van der Waals surface area contributed by atoms with Gasteiger partial charge in [-0.05, 0) is 11.6 Å². The smallest absolute Gasteiger partial charge is 0.308 e. The van der Waals surface area contributed by atoms with Crippen molar-refractivity contribution in [2.75, 3.05) is 19.3 Å². The Hall–Kier alpha value is -1.49. The zero-order valence-electron chi connectivity index (χ0n) is 11.0. The molecule has 0 spiro atoms. The predicted octanol–water partition coefficient (Wildman–Crippen LogP) is 2.05. The van der Waals surface area contributed by atoms with Gasteiger partial charge < -0.3 is 10.0 Å². The van der Waals surface area contributed by atoms with Crippen LogP contribution in [0.5, 0.6) is 0 Å². The molecule has 0 saturated heterocycles. The van der Waals surface area contributed by atoms with Gasteiger partial charge in [0.1, 0.15) is 0 Å². The van der Waals surface area contributed by atoms with Gasteiger partial charge in [0.15, 0.2) is 0 Å². The number of fused-ring (bicyclic) bond motifs is 1. The van der Waals surface area contributed by atoms with Crippen LogP contribution in [-0.4, -0.2) is 41.2 Å². The normalized spacial score (nSPS) is 18.7. The number of carbonyl (C=O) groups excluding carboxylic acids is 1. The lowest BCUT2D eigenvalue weighted by atomic mass is 9.99. The summed E-state index contributed by atoms with van der Waals surface area (Å²) in [5.74, 6) is -0.818. The van der Waals surface area contributed by atoms with Gasteiger partial charge in [-0.2, -0.15) is 0 Å². The first-order valence-electron chi connectivity index (χ1n) is 6.20. The summed E-state index contributed by atoms with van der Waals surface area (Å²) >= 11 is 1.68. The third-order valence-corrected chi connectivity index (χ3v) is 4.53. The first kappa shape index (κ1) is 13.9. The molecule has 1 aromatic rings. The van der Waals surface area contributed by atoms with Crippen LogP contribution in [0.15, 0.2) is 29.2 Å². The number of benzene rings is 1. The summed E-state index contributed by atoms with van der Waals surface area (Å²) in [5.41, 5.74) is 1.06. The monoisotopic (exact) mass is 279 g/mol. The molecule has 0 unspecified atom stereocenters. The Kier molecular flexibility index (Phi) is 4.14. The number of carboxylic acids is 1. The molecule has 4 nitrogen and oxygen atoms in total. The molecule has 5 heteroatoms. The third kappa shape index (κ3) is 2.92. The Morgan fingerprint density at radius 3 is 2.84 bits per heavy atom. The summed E-state index contributed by atoms with van der Waals surface area (Å²) in [7, 11) is 1.67. The molecule has 1 N–H and O–H groups in total. The van der Waals surface area contributed by atoms with E-state index in [-0.39, 0.29) is 18.4 Å². The van der Waals surface area contributed by atoms with E-state index in [4.69, 9.17) is 5.11 Å². The van der Waals surface area contributed by atoms with Gasteiger partial charge in [-0.25, -0.2) is 0 Å². The van der Waals surface area contributed by atoms with Crippen molar-refractivity contribution in [3.63, 3.8) is 0 Å². The Morgan fingerprint density at radius 1 is 1.47 bits per heavy atom. The van der Waals surface area contributed by atoms with Crippen LogP contribution < -0.4 is 0 Å². The maximum atomic E-state index is 12.4. The zero-order chi connectivity index (χ0) is 14.0. The van der Waals surface area contributed by atoms with Crippen LogP contribution in [0.2, 0.25) is 0 Å². The van der Waals surface area contributed by atoms with E-state index in [9.17, 15) is 9.59 Å². The van der Waals surface area contributed by atoms with E-state index in [1.807, 2.05) is 24.3 Å². The fraction of sp³-hybridized carbons (Fsp3) is 0.429. The van der Waals surface area contributed by atoms with Crippen molar-refractivity contribution in [1.29, 1.82) is 0 Å². The summed E-state index contributed by atoms with van der Waals surface area (Å²) in [5, 5.41) is 8.89. The van der Waals surface area contributed by atoms with E-state index in [0.717, 1.165) is 16.2 Å². The molecule has 0 radical (unpaired) electrons. The number of nitrogens with zero attached hydrogens (tertiary/aromatic N) is 1. The number of amides is 1. The number of rotatable bonds is 4. The van der Waals surface area contributed by atoms with E-state index in [1.54, 1.807) is 25.7 Å². The van der Waals surface area contributed by atoms with Crippen molar-refractivity contribution in [1.82, 2.24) is 4.90 Å². The average molecular weight is 279 g/mol. The molecule has 1 heterocycles. The second kappa shape index (κ2) is 5.65. The Morgan fingerprint density at radius 2 is 2.16 bits per heavy atom. The number of carboxylic acid groups (broad SMARTS) is 1. The minimum atomic E-state index is -0.874. The first-order chi connectivity index (χ1) is 9.00. The van der Waals surface area contributed by atoms with E-state index < -0.39 is 11.9 Å². The molecule has 1 aromatic carbocycles. The summed E-state index contributed by atoms with van der Waals surface area (Å²) in [6.07, 6.45) is 0. The molecule has 2 rings (SSSR count). The molecule has 0 bridgehead atoms. The van der Waals surface area contributed by atoms with Crippen LogP contribution in [0.4, 0.5) is 0 Å². The Bertz CT molecular complexity index is 503. The molecule has 2 atom stereocenters. The number of hydrogen-bond acceptors (Lipinski definition) is 3. The van der Waals surface area contributed by atoms with Crippen molar-refractivity contribution >= 4 is 23.6 Å². The molecule has 19 heavy (non-hydrogen) atoms. The van der Waals surface area contributed by atoms with Gasteiger partial charge in [0.25, 0.3) is 0 Å². The summed E-state index contributed by atoms with van der Waals surface area (Å²) in [4.78, 5) is 25.9. The van der Waals surface area contributed by atoms with Gasteiger partial charge in [-0.3, -0.25) is 9.59 Å². The maximum Gasteiger partial charge on any atom is 0.308 e. The average Bonchev–Trinajstić information content (AvgIpc) is 2.81. The lowest BCUT2D eigenvalue weighted by Gasteiger charge is -2.23. The zero-order valence-corrected chi connectivity index (χ0v) is 11.8. The SMILES string of the molecule is C[C@H](CN(C)C(=O)[C@@H]1CSc2ccccc21)C(=O)O.